The lowest BCUT2D eigenvalue weighted by atomic mass is 10.1. The molecule has 0 aromatic carbocycles. The highest BCUT2D eigenvalue weighted by molar-refractivity contribution is 4.82. The third-order valence-corrected chi connectivity index (χ3v) is 1.66. The van der Waals surface area contributed by atoms with E-state index in [2.05, 4.69) is 6.92 Å². The second-order valence-electron chi connectivity index (χ2n) is 2.76. The van der Waals surface area contributed by atoms with E-state index in [1.807, 2.05) is 0 Å². The number of allylic oxidation sites excluding steroid dienone is 1. The molecule has 0 amide bonds. The van der Waals surface area contributed by atoms with Crippen LogP contribution < -0.4 is 0 Å². The molecule has 0 saturated carbocycles. The number of unbranched alkanes of at least 4 members (excludes halogenated alkanes) is 4. The van der Waals surface area contributed by atoms with Crippen molar-refractivity contribution < 1.29 is 9.50 Å². The Kier molecular flexibility index (Phi) is 7.21. The summed E-state index contributed by atoms with van der Waals surface area (Å²) in [6.07, 6.45) is 6.39. The summed E-state index contributed by atoms with van der Waals surface area (Å²) < 4.78 is 11.5. The maximum Gasteiger partial charge on any atom is 0.124 e. The summed E-state index contributed by atoms with van der Waals surface area (Å²) in [5.74, 6) is -0.124. The first-order valence-electron chi connectivity index (χ1n) is 4.29. The number of aliphatic hydroxyl groups is 1. The van der Waals surface area contributed by atoms with E-state index in [0.717, 1.165) is 12.8 Å². The third-order valence-electron chi connectivity index (χ3n) is 1.66. The third kappa shape index (κ3) is 7.37. The van der Waals surface area contributed by atoms with Crippen molar-refractivity contribution in [1.29, 1.82) is 0 Å². The Bertz CT molecular complexity index is 110. The minimum Gasteiger partial charge on any atom is -0.510 e. The van der Waals surface area contributed by atoms with Gasteiger partial charge in [0.2, 0.25) is 0 Å². The van der Waals surface area contributed by atoms with E-state index in [-0.39, 0.29) is 12.1 Å². The zero-order valence-corrected chi connectivity index (χ0v) is 7.15. The Balaban J connectivity index is 3.02. The zero-order chi connectivity index (χ0) is 8.53. The Labute approximate surface area is 67.9 Å². The van der Waals surface area contributed by atoms with Gasteiger partial charge < -0.3 is 5.11 Å². The molecule has 0 heterocycles. The molecule has 0 aliphatic carbocycles. The molecule has 0 aromatic heterocycles. The fourth-order valence-electron chi connectivity index (χ4n) is 0.964. The fraction of sp³-hybridized carbons (Fsp3) is 0.778. The van der Waals surface area contributed by atoms with E-state index >= 15 is 0 Å². The molecule has 0 spiro atoms. The molecule has 0 saturated heterocycles. The summed E-state index contributed by atoms with van der Waals surface area (Å²) in [6.45, 7) is 2.15. The van der Waals surface area contributed by atoms with Crippen LogP contribution in [0.4, 0.5) is 4.39 Å². The summed E-state index contributed by atoms with van der Waals surface area (Å²) >= 11 is 0. The quantitative estimate of drug-likeness (QED) is 0.464. The van der Waals surface area contributed by atoms with Crippen LogP contribution in [0.3, 0.4) is 0 Å². The van der Waals surface area contributed by atoms with Crippen molar-refractivity contribution in [3.05, 3.63) is 12.1 Å². The Hall–Kier alpha value is -0.530. The molecular formula is C9H17FO. The number of aliphatic hydroxyl groups excluding tert-OH is 1. The molecule has 0 bridgehead atoms. The number of rotatable bonds is 6. The predicted octanol–water partition coefficient (Wildman–Crippen LogP) is 3.72. The van der Waals surface area contributed by atoms with Gasteiger partial charge in [-0.15, -0.1) is 0 Å². The molecule has 2 heteroatoms. The summed E-state index contributed by atoms with van der Waals surface area (Å²) in [7, 11) is 0. The molecule has 0 aliphatic rings. The number of hydrogen-bond donors (Lipinski definition) is 1. The first kappa shape index (κ1) is 10.5. The molecule has 0 unspecified atom stereocenters. The van der Waals surface area contributed by atoms with E-state index in [0.29, 0.717) is 6.42 Å². The smallest absolute Gasteiger partial charge is 0.124 e. The largest absolute Gasteiger partial charge is 0.510 e. The second kappa shape index (κ2) is 7.58. The molecule has 0 fully saturated rings. The lowest BCUT2D eigenvalue weighted by Crippen LogP contribution is -1.81. The lowest BCUT2D eigenvalue weighted by Gasteiger charge is -1.98. The standard InChI is InChI=1S/C9H17FO/c1-2-3-4-5-6-7-9(11)8-10/h8,11H,2-7H2,1H3/b9-8-. The lowest BCUT2D eigenvalue weighted by molar-refractivity contribution is 0.366. The van der Waals surface area contributed by atoms with Crippen molar-refractivity contribution in [2.75, 3.05) is 0 Å². The molecule has 0 rings (SSSR count). The second-order valence-corrected chi connectivity index (χ2v) is 2.76. The Morgan fingerprint density at radius 1 is 1.27 bits per heavy atom. The Morgan fingerprint density at radius 3 is 2.45 bits per heavy atom. The first-order valence-corrected chi connectivity index (χ1v) is 4.29. The van der Waals surface area contributed by atoms with Crippen LogP contribution in [-0.4, -0.2) is 5.11 Å². The molecule has 0 atom stereocenters. The normalized spacial score (nSPS) is 12.0. The molecule has 11 heavy (non-hydrogen) atoms. The van der Waals surface area contributed by atoms with E-state index < -0.39 is 0 Å². The zero-order valence-electron chi connectivity index (χ0n) is 7.15. The molecule has 0 aromatic rings. The van der Waals surface area contributed by atoms with Crippen molar-refractivity contribution >= 4 is 0 Å². The highest BCUT2D eigenvalue weighted by Gasteiger charge is 1.92. The maximum atomic E-state index is 11.5. The van der Waals surface area contributed by atoms with Crippen LogP contribution in [0.15, 0.2) is 12.1 Å². The van der Waals surface area contributed by atoms with E-state index in [9.17, 15) is 4.39 Å². The SMILES string of the molecule is CCCCCCC/C(O)=C/F. The van der Waals surface area contributed by atoms with Crippen molar-refractivity contribution in [2.45, 2.75) is 45.4 Å². The van der Waals surface area contributed by atoms with Crippen molar-refractivity contribution in [3.8, 4) is 0 Å². The van der Waals surface area contributed by atoms with Gasteiger partial charge in [0.25, 0.3) is 0 Å². The van der Waals surface area contributed by atoms with Crippen LogP contribution in [0.1, 0.15) is 45.4 Å². The summed E-state index contributed by atoms with van der Waals surface area (Å²) in [6, 6.07) is 0. The summed E-state index contributed by atoms with van der Waals surface area (Å²) in [5, 5.41) is 8.70. The van der Waals surface area contributed by atoms with Crippen molar-refractivity contribution in [2.24, 2.45) is 0 Å². The van der Waals surface area contributed by atoms with Gasteiger partial charge in [0.1, 0.15) is 12.1 Å². The highest BCUT2D eigenvalue weighted by atomic mass is 19.1. The van der Waals surface area contributed by atoms with E-state index in [4.69, 9.17) is 5.11 Å². The van der Waals surface area contributed by atoms with Gasteiger partial charge in [-0.05, 0) is 6.42 Å². The minimum absolute atomic E-state index is 0.124. The molecule has 0 radical (unpaired) electrons. The average molecular weight is 160 g/mol. The van der Waals surface area contributed by atoms with Gasteiger partial charge in [0, 0.05) is 6.42 Å². The highest BCUT2D eigenvalue weighted by Crippen LogP contribution is 2.08. The van der Waals surface area contributed by atoms with Gasteiger partial charge in [-0.2, -0.15) is 0 Å². The van der Waals surface area contributed by atoms with Gasteiger partial charge in [0.15, 0.2) is 0 Å². The topological polar surface area (TPSA) is 20.2 Å². The van der Waals surface area contributed by atoms with Crippen LogP contribution in [0, 0.1) is 0 Å². The first-order chi connectivity index (χ1) is 5.31. The predicted molar refractivity (Wildman–Crippen MR) is 45.2 cm³/mol. The maximum absolute atomic E-state index is 11.5. The van der Waals surface area contributed by atoms with Crippen LogP contribution in [-0.2, 0) is 0 Å². The van der Waals surface area contributed by atoms with Crippen LogP contribution in [0.5, 0.6) is 0 Å². The van der Waals surface area contributed by atoms with Gasteiger partial charge in [-0.25, -0.2) is 4.39 Å². The summed E-state index contributed by atoms with van der Waals surface area (Å²) in [5.41, 5.74) is 0. The Morgan fingerprint density at radius 2 is 1.91 bits per heavy atom. The number of halogens is 1. The van der Waals surface area contributed by atoms with Gasteiger partial charge >= 0.3 is 0 Å². The van der Waals surface area contributed by atoms with Crippen molar-refractivity contribution in [3.63, 3.8) is 0 Å². The van der Waals surface area contributed by atoms with Gasteiger partial charge in [-0.3, -0.25) is 0 Å². The van der Waals surface area contributed by atoms with Crippen LogP contribution >= 0.6 is 0 Å². The fourth-order valence-corrected chi connectivity index (χ4v) is 0.964. The molecule has 1 nitrogen and oxygen atoms in total. The molecular weight excluding hydrogens is 143 g/mol. The van der Waals surface area contributed by atoms with Crippen LogP contribution in [0.25, 0.3) is 0 Å². The minimum atomic E-state index is -0.124. The molecule has 1 N–H and O–H groups in total. The molecule has 66 valence electrons. The van der Waals surface area contributed by atoms with Crippen molar-refractivity contribution in [1.82, 2.24) is 0 Å². The monoisotopic (exact) mass is 160 g/mol. The van der Waals surface area contributed by atoms with E-state index in [1.54, 1.807) is 0 Å². The van der Waals surface area contributed by atoms with Gasteiger partial charge in [0.05, 0.1) is 0 Å². The number of hydrogen-bond acceptors (Lipinski definition) is 1. The van der Waals surface area contributed by atoms with Gasteiger partial charge in [-0.1, -0.05) is 32.6 Å². The average Bonchev–Trinajstić information content (AvgIpc) is 2.04. The summed E-state index contributed by atoms with van der Waals surface area (Å²) in [4.78, 5) is 0. The van der Waals surface area contributed by atoms with E-state index in [1.165, 1.54) is 19.3 Å². The van der Waals surface area contributed by atoms with Crippen LogP contribution in [0.2, 0.25) is 0 Å². The molecule has 0 aliphatic heterocycles.